The maximum Gasteiger partial charge on any atom is 0.319 e. The van der Waals surface area contributed by atoms with E-state index >= 15 is 0 Å². The fourth-order valence-corrected chi connectivity index (χ4v) is 2.92. The average molecular weight is 381 g/mol. The third-order valence-corrected chi connectivity index (χ3v) is 4.35. The number of hydrogen-bond donors (Lipinski definition) is 2. The van der Waals surface area contributed by atoms with Crippen molar-refractivity contribution in [2.24, 2.45) is 0 Å². The molecule has 0 radical (unpaired) electrons. The van der Waals surface area contributed by atoms with Crippen LogP contribution in [0.4, 0.5) is 10.5 Å². The van der Waals surface area contributed by atoms with Crippen LogP contribution in [0.3, 0.4) is 0 Å². The van der Waals surface area contributed by atoms with Crippen LogP contribution in [0.25, 0.3) is 5.69 Å². The van der Waals surface area contributed by atoms with Crippen molar-refractivity contribution in [3.05, 3.63) is 53.6 Å². The predicted octanol–water partition coefficient (Wildman–Crippen LogP) is 2.96. The average Bonchev–Trinajstić information content (AvgIpc) is 3.12. The summed E-state index contributed by atoms with van der Waals surface area (Å²) in [6.07, 6.45) is 2.45. The molecule has 9 heteroatoms. The summed E-state index contributed by atoms with van der Waals surface area (Å²) in [6, 6.07) is 8.64. The Labute approximate surface area is 163 Å². The largest absolute Gasteiger partial charge is 0.497 e. The Morgan fingerprint density at radius 2 is 2.11 bits per heavy atom. The molecular weight excluding hydrogens is 358 g/mol. The van der Waals surface area contributed by atoms with Gasteiger partial charge in [0, 0.05) is 24.0 Å². The third-order valence-electron chi connectivity index (χ3n) is 4.35. The van der Waals surface area contributed by atoms with Gasteiger partial charge in [-0.05, 0) is 48.4 Å². The highest BCUT2D eigenvalue weighted by Crippen LogP contribution is 2.24. The van der Waals surface area contributed by atoms with Gasteiger partial charge in [-0.1, -0.05) is 13.0 Å². The molecule has 3 rings (SSSR count). The Kier molecular flexibility index (Phi) is 5.83. The second-order valence-corrected chi connectivity index (χ2v) is 6.32. The van der Waals surface area contributed by atoms with Crippen LogP contribution in [0.2, 0.25) is 0 Å². The number of urea groups is 1. The van der Waals surface area contributed by atoms with Crippen LogP contribution in [0.15, 0.2) is 36.5 Å². The number of aromatic nitrogens is 5. The molecule has 2 heterocycles. The van der Waals surface area contributed by atoms with E-state index in [-0.39, 0.29) is 12.1 Å². The number of hydrogen-bond acceptors (Lipinski definition) is 6. The molecule has 1 aromatic carbocycles. The summed E-state index contributed by atoms with van der Waals surface area (Å²) < 4.78 is 6.91. The Bertz CT molecular complexity index is 970. The van der Waals surface area contributed by atoms with Crippen molar-refractivity contribution in [1.82, 2.24) is 30.5 Å². The van der Waals surface area contributed by atoms with Crippen molar-refractivity contribution in [1.29, 1.82) is 0 Å². The Hall–Kier alpha value is -3.49. The summed E-state index contributed by atoms with van der Waals surface area (Å²) in [4.78, 5) is 17.0. The van der Waals surface area contributed by atoms with E-state index in [9.17, 15) is 4.79 Å². The van der Waals surface area contributed by atoms with Gasteiger partial charge in [-0.25, -0.2) is 4.79 Å². The summed E-state index contributed by atoms with van der Waals surface area (Å²) >= 11 is 0. The van der Waals surface area contributed by atoms with Gasteiger partial charge in [0.05, 0.1) is 24.5 Å². The number of ether oxygens (including phenoxy) is 1. The lowest BCUT2D eigenvalue weighted by Crippen LogP contribution is -2.33. The second kappa shape index (κ2) is 8.47. The van der Waals surface area contributed by atoms with Crippen molar-refractivity contribution in [3.63, 3.8) is 0 Å². The highest BCUT2D eigenvalue weighted by atomic mass is 16.5. The lowest BCUT2D eigenvalue weighted by molar-refractivity contribution is 0.248. The van der Waals surface area contributed by atoms with Crippen molar-refractivity contribution in [2.45, 2.75) is 33.2 Å². The van der Waals surface area contributed by atoms with Gasteiger partial charge in [-0.2, -0.15) is 4.68 Å². The van der Waals surface area contributed by atoms with E-state index in [0.717, 1.165) is 17.7 Å². The summed E-state index contributed by atoms with van der Waals surface area (Å²) in [5, 5.41) is 17.3. The number of nitrogens with zero attached hydrogens (tertiary/aromatic N) is 5. The van der Waals surface area contributed by atoms with Gasteiger partial charge >= 0.3 is 6.03 Å². The Balaban J connectivity index is 1.80. The fourth-order valence-electron chi connectivity index (χ4n) is 2.92. The summed E-state index contributed by atoms with van der Waals surface area (Å²) in [7, 11) is 1.56. The summed E-state index contributed by atoms with van der Waals surface area (Å²) in [5.74, 6) is 1.20. The minimum atomic E-state index is -0.329. The number of tetrazole rings is 1. The van der Waals surface area contributed by atoms with Gasteiger partial charge in [0.2, 0.25) is 0 Å². The van der Waals surface area contributed by atoms with Gasteiger partial charge in [0.25, 0.3) is 0 Å². The van der Waals surface area contributed by atoms with Crippen LogP contribution < -0.4 is 15.4 Å². The molecule has 0 fully saturated rings. The van der Waals surface area contributed by atoms with Crippen LogP contribution in [0.1, 0.15) is 36.5 Å². The monoisotopic (exact) mass is 381 g/mol. The number of carbonyl (C=O) groups is 1. The smallest absolute Gasteiger partial charge is 0.319 e. The maximum atomic E-state index is 12.6. The van der Waals surface area contributed by atoms with Gasteiger partial charge in [0.1, 0.15) is 5.75 Å². The maximum absolute atomic E-state index is 12.6. The Morgan fingerprint density at radius 3 is 2.75 bits per heavy atom. The number of benzene rings is 1. The number of amides is 2. The molecule has 0 saturated heterocycles. The SMILES string of the molecule is CC[C@H](NC(=O)Nc1cc(OC)cc(-n2nnnc2C)c1)c1ncccc1C. The standard InChI is InChI=1S/C19H23N7O2/c1-5-17(18-12(2)7-6-8-20-18)22-19(27)21-14-9-15(11-16(10-14)28-4)26-13(3)23-24-25-26/h6-11,17H,5H2,1-4H3,(H2,21,22,27)/t17-/m0/s1. The molecule has 0 spiro atoms. The zero-order valence-corrected chi connectivity index (χ0v) is 16.3. The quantitative estimate of drug-likeness (QED) is 0.680. The first-order valence-corrected chi connectivity index (χ1v) is 8.95. The zero-order valence-electron chi connectivity index (χ0n) is 16.3. The predicted molar refractivity (Wildman–Crippen MR) is 105 cm³/mol. The molecule has 146 valence electrons. The van der Waals surface area contributed by atoms with Crippen molar-refractivity contribution in [2.75, 3.05) is 12.4 Å². The zero-order chi connectivity index (χ0) is 20.1. The molecule has 3 aromatic rings. The minimum absolute atomic E-state index is 0.187. The van der Waals surface area contributed by atoms with Crippen LogP contribution >= 0.6 is 0 Å². The molecule has 2 amide bonds. The van der Waals surface area contributed by atoms with E-state index in [2.05, 4.69) is 31.1 Å². The van der Waals surface area contributed by atoms with E-state index in [1.807, 2.05) is 26.0 Å². The van der Waals surface area contributed by atoms with Gasteiger partial charge < -0.3 is 15.4 Å². The number of nitrogens with one attached hydrogen (secondary N) is 2. The van der Waals surface area contributed by atoms with Crippen LogP contribution in [-0.2, 0) is 0 Å². The lowest BCUT2D eigenvalue weighted by Gasteiger charge is -2.19. The molecule has 28 heavy (non-hydrogen) atoms. The molecule has 0 aliphatic carbocycles. The van der Waals surface area contributed by atoms with Crippen LogP contribution in [0, 0.1) is 13.8 Å². The molecule has 9 nitrogen and oxygen atoms in total. The van der Waals surface area contributed by atoms with Crippen molar-refractivity contribution in [3.8, 4) is 11.4 Å². The Morgan fingerprint density at radius 1 is 1.29 bits per heavy atom. The molecule has 2 N–H and O–H groups in total. The molecule has 0 aliphatic heterocycles. The van der Waals surface area contributed by atoms with E-state index in [0.29, 0.717) is 22.9 Å². The van der Waals surface area contributed by atoms with Crippen LogP contribution in [-0.4, -0.2) is 38.3 Å². The fraction of sp³-hybridized carbons (Fsp3) is 0.316. The van der Waals surface area contributed by atoms with Crippen molar-refractivity contribution >= 4 is 11.7 Å². The number of rotatable bonds is 6. The van der Waals surface area contributed by atoms with E-state index < -0.39 is 0 Å². The topological polar surface area (TPSA) is 107 Å². The van der Waals surface area contributed by atoms with Gasteiger partial charge in [-0.3, -0.25) is 4.98 Å². The van der Waals surface area contributed by atoms with E-state index in [1.165, 1.54) is 0 Å². The minimum Gasteiger partial charge on any atom is -0.497 e. The van der Waals surface area contributed by atoms with Gasteiger partial charge in [-0.15, -0.1) is 5.10 Å². The first-order chi connectivity index (χ1) is 13.5. The highest BCUT2D eigenvalue weighted by molar-refractivity contribution is 5.90. The number of carbonyl (C=O) groups excluding carboxylic acids is 1. The number of pyridine rings is 1. The molecule has 0 saturated carbocycles. The molecular formula is C19H23N7O2. The third kappa shape index (κ3) is 4.25. The molecule has 1 atom stereocenters. The van der Waals surface area contributed by atoms with Crippen molar-refractivity contribution < 1.29 is 9.53 Å². The van der Waals surface area contributed by atoms with E-state index in [4.69, 9.17) is 4.74 Å². The summed E-state index contributed by atoms with van der Waals surface area (Å²) in [6.45, 7) is 5.77. The van der Waals surface area contributed by atoms with Gasteiger partial charge in [0.15, 0.2) is 5.82 Å². The molecule has 2 aromatic heterocycles. The summed E-state index contributed by atoms with van der Waals surface area (Å²) in [5.41, 5.74) is 3.14. The number of anilines is 1. The molecule has 0 unspecified atom stereocenters. The van der Waals surface area contributed by atoms with Crippen LogP contribution in [0.5, 0.6) is 5.75 Å². The molecule has 0 bridgehead atoms. The first-order valence-electron chi connectivity index (χ1n) is 8.95. The molecule has 0 aliphatic rings. The van der Waals surface area contributed by atoms with E-state index in [1.54, 1.807) is 43.1 Å². The normalized spacial score (nSPS) is 11.7. The number of methoxy groups -OCH3 is 1. The highest BCUT2D eigenvalue weighted by Gasteiger charge is 2.16. The second-order valence-electron chi connectivity index (χ2n) is 6.32. The number of aryl methyl sites for hydroxylation is 2. The first kappa shape index (κ1) is 19.3. The lowest BCUT2D eigenvalue weighted by atomic mass is 10.1.